The first-order valence-electron chi connectivity index (χ1n) is 6.71. The van der Waals surface area contributed by atoms with Crippen LogP contribution in [0.2, 0.25) is 19.6 Å². The average Bonchev–Trinajstić information content (AvgIpc) is 2.29. The first-order chi connectivity index (χ1) is 8.31. The van der Waals surface area contributed by atoms with Crippen molar-refractivity contribution in [3.63, 3.8) is 0 Å². The maximum atomic E-state index is 12.5. The third-order valence-corrected chi connectivity index (χ3v) is 5.29. The van der Waals surface area contributed by atoms with E-state index in [9.17, 15) is 4.79 Å². The van der Waals surface area contributed by atoms with E-state index in [1.807, 2.05) is 30.9 Å². The van der Waals surface area contributed by atoms with Crippen molar-refractivity contribution < 1.29 is 4.79 Å². The zero-order valence-corrected chi connectivity index (χ0v) is 13.5. The van der Waals surface area contributed by atoms with Gasteiger partial charge in [0.1, 0.15) is 0 Å². The number of carbonyl (C=O) groups excluding carboxylic acids is 1. The van der Waals surface area contributed by atoms with Crippen LogP contribution in [0, 0.1) is 6.92 Å². The second kappa shape index (κ2) is 5.70. The molecule has 0 fully saturated rings. The van der Waals surface area contributed by atoms with Crippen LogP contribution in [0.4, 0.5) is 0 Å². The minimum absolute atomic E-state index is 0.178. The molecule has 0 radical (unpaired) electrons. The lowest BCUT2D eigenvalue weighted by Crippen LogP contribution is -2.44. The SMILES string of the molecule is CCN(CC)C(=O)c1ccc(C)cc1[Si](C)(C)C. The molecule has 0 aliphatic rings. The highest BCUT2D eigenvalue weighted by molar-refractivity contribution is 6.89. The third-order valence-electron chi connectivity index (χ3n) is 3.26. The third kappa shape index (κ3) is 3.22. The molecule has 0 aromatic heterocycles. The normalized spacial score (nSPS) is 11.4. The molecule has 1 rings (SSSR count). The van der Waals surface area contributed by atoms with Crippen LogP contribution in [0.3, 0.4) is 0 Å². The highest BCUT2D eigenvalue weighted by Crippen LogP contribution is 2.12. The Kier molecular flexibility index (Phi) is 4.74. The topological polar surface area (TPSA) is 20.3 Å². The summed E-state index contributed by atoms with van der Waals surface area (Å²) >= 11 is 0. The van der Waals surface area contributed by atoms with Crippen LogP contribution in [0.15, 0.2) is 18.2 Å². The largest absolute Gasteiger partial charge is 0.339 e. The molecule has 0 heterocycles. The summed E-state index contributed by atoms with van der Waals surface area (Å²) in [5.41, 5.74) is 2.15. The van der Waals surface area contributed by atoms with Crippen molar-refractivity contribution in [2.75, 3.05) is 13.1 Å². The van der Waals surface area contributed by atoms with Crippen LogP contribution in [-0.4, -0.2) is 32.0 Å². The molecule has 0 atom stereocenters. The van der Waals surface area contributed by atoms with E-state index < -0.39 is 8.07 Å². The molecule has 18 heavy (non-hydrogen) atoms. The fourth-order valence-corrected chi connectivity index (χ4v) is 3.81. The second-order valence-electron chi connectivity index (χ2n) is 5.78. The van der Waals surface area contributed by atoms with E-state index in [0.29, 0.717) is 0 Å². The Bertz CT molecular complexity index is 431. The highest BCUT2D eigenvalue weighted by atomic mass is 28.3. The predicted molar refractivity (Wildman–Crippen MR) is 81.4 cm³/mol. The van der Waals surface area contributed by atoms with Crippen LogP contribution < -0.4 is 5.19 Å². The summed E-state index contributed by atoms with van der Waals surface area (Å²) in [4.78, 5) is 14.4. The number of hydrogen-bond acceptors (Lipinski definition) is 1. The van der Waals surface area contributed by atoms with Gasteiger partial charge in [-0.1, -0.05) is 37.3 Å². The van der Waals surface area contributed by atoms with Gasteiger partial charge in [-0.2, -0.15) is 0 Å². The lowest BCUT2D eigenvalue weighted by Gasteiger charge is -2.25. The summed E-state index contributed by atoms with van der Waals surface area (Å²) in [6.07, 6.45) is 0. The quantitative estimate of drug-likeness (QED) is 0.765. The van der Waals surface area contributed by atoms with E-state index in [1.54, 1.807) is 0 Å². The number of aryl methyl sites for hydroxylation is 1. The van der Waals surface area contributed by atoms with Crippen molar-refractivity contribution in [3.05, 3.63) is 29.3 Å². The molecule has 0 aliphatic carbocycles. The minimum Gasteiger partial charge on any atom is -0.339 e. The zero-order chi connectivity index (χ0) is 13.9. The molecule has 2 nitrogen and oxygen atoms in total. The van der Waals surface area contributed by atoms with Crippen LogP contribution in [0.1, 0.15) is 29.8 Å². The van der Waals surface area contributed by atoms with Crippen LogP contribution in [-0.2, 0) is 0 Å². The van der Waals surface area contributed by atoms with E-state index in [1.165, 1.54) is 10.8 Å². The summed E-state index contributed by atoms with van der Waals surface area (Å²) in [6.45, 7) is 14.6. The molecular weight excluding hydrogens is 238 g/mol. The smallest absolute Gasteiger partial charge is 0.253 e. The lowest BCUT2D eigenvalue weighted by atomic mass is 10.1. The predicted octanol–water partition coefficient (Wildman–Crippen LogP) is 3.02. The van der Waals surface area contributed by atoms with E-state index in [4.69, 9.17) is 0 Å². The van der Waals surface area contributed by atoms with Crippen LogP contribution >= 0.6 is 0 Å². The number of hydrogen-bond donors (Lipinski definition) is 0. The monoisotopic (exact) mass is 263 g/mol. The number of nitrogens with zero attached hydrogens (tertiary/aromatic N) is 1. The molecule has 0 bridgehead atoms. The molecule has 0 unspecified atom stereocenters. The van der Waals surface area contributed by atoms with Crippen LogP contribution in [0.25, 0.3) is 0 Å². The molecule has 0 saturated heterocycles. The maximum Gasteiger partial charge on any atom is 0.253 e. The Morgan fingerprint density at radius 3 is 2.17 bits per heavy atom. The van der Waals surface area contributed by atoms with Gasteiger partial charge in [0.2, 0.25) is 0 Å². The lowest BCUT2D eigenvalue weighted by molar-refractivity contribution is 0.0774. The average molecular weight is 263 g/mol. The van der Waals surface area contributed by atoms with Gasteiger partial charge in [0.25, 0.3) is 5.91 Å². The Morgan fingerprint density at radius 2 is 1.72 bits per heavy atom. The minimum atomic E-state index is -1.49. The Labute approximate surface area is 112 Å². The number of amides is 1. The molecule has 1 amide bonds. The summed E-state index contributed by atoms with van der Waals surface area (Å²) < 4.78 is 0. The van der Waals surface area contributed by atoms with E-state index in [2.05, 4.69) is 32.6 Å². The summed E-state index contributed by atoms with van der Waals surface area (Å²) in [7, 11) is -1.49. The molecule has 0 aliphatic heterocycles. The first-order valence-corrected chi connectivity index (χ1v) is 10.2. The summed E-state index contributed by atoms with van der Waals surface area (Å²) in [6, 6.07) is 6.24. The molecule has 0 N–H and O–H groups in total. The summed E-state index contributed by atoms with van der Waals surface area (Å²) in [5.74, 6) is 0.178. The Morgan fingerprint density at radius 1 is 1.17 bits per heavy atom. The molecule has 1 aromatic carbocycles. The Hall–Kier alpha value is -1.09. The number of benzene rings is 1. The van der Waals surface area contributed by atoms with Gasteiger partial charge < -0.3 is 4.90 Å². The number of rotatable bonds is 4. The molecule has 1 aromatic rings. The van der Waals surface area contributed by atoms with Gasteiger partial charge in [-0.25, -0.2) is 0 Å². The second-order valence-corrected chi connectivity index (χ2v) is 10.8. The Balaban J connectivity index is 3.28. The van der Waals surface area contributed by atoms with E-state index in [0.717, 1.165) is 18.7 Å². The van der Waals surface area contributed by atoms with E-state index >= 15 is 0 Å². The van der Waals surface area contributed by atoms with Crippen molar-refractivity contribution in [1.29, 1.82) is 0 Å². The van der Waals surface area contributed by atoms with Gasteiger partial charge in [-0.3, -0.25) is 4.79 Å². The van der Waals surface area contributed by atoms with Crippen molar-refractivity contribution in [2.24, 2.45) is 0 Å². The van der Waals surface area contributed by atoms with E-state index in [-0.39, 0.29) is 5.91 Å². The van der Waals surface area contributed by atoms with Gasteiger partial charge in [-0.05, 0) is 32.0 Å². The fourth-order valence-electron chi connectivity index (χ4n) is 2.15. The summed E-state index contributed by atoms with van der Waals surface area (Å²) in [5, 5.41) is 1.28. The highest BCUT2D eigenvalue weighted by Gasteiger charge is 2.25. The molecule has 0 saturated carbocycles. The van der Waals surface area contributed by atoms with Gasteiger partial charge in [-0.15, -0.1) is 0 Å². The zero-order valence-electron chi connectivity index (χ0n) is 12.5. The van der Waals surface area contributed by atoms with Gasteiger partial charge in [0.15, 0.2) is 0 Å². The van der Waals surface area contributed by atoms with Crippen molar-refractivity contribution in [2.45, 2.75) is 40.4 Å². The van der Waals surface area contributed by atoms with Gasteiger partial charge >= 0.3 is 0 Å². The van der Waals surface area contributed by atoms with Crippen molar-refractivity contribution >= 4 is 19.2 Å². The van der Waals surface area contributed by atoms with Crippen molar-refractivity contribution in [3.8, 4) is 0 Å². The maximum absolute atomic E-state index is 12.5. The standard InChI is InChI=1S/C15H25NOSi/c1-7-16(8-2)15(17)13-10-9-12(3)11-14(13)18(4,5)6/h9-11H,7-8H2,1-6H3. The van der Waals surface area contributed by atoms with Gasteiger partial charge in [0, 0.05) is 18.7 Å². The van der Waals surface area contributed by atoms with Crippen molar-refractivity contribution in [1.82, 2.24) is 4.90 Å². The molecule has 3 heteroatoms. The van der Waals surface area contributed by atoms with Gasteiger partial charge in [0.05, 0.1) is 8.07 Å². The molecular formula is C15H25NOSi. The van der Waals surface area contributed by atoms with Crippen LogP contribution in [0.5, 0.6) is 0 Å². The molecule has 100 valence electrons. The fraction of sp³-hybridized carbons (Fsp3) is 0.533. The molecule has 0 spiro atoms. The number of carbonyl (C=O) groups is 1. The first kappa shape index (κ1) is 15.0.